The lowest BCUT2D eigenvalue weighted by molar-refractivity contribution is -0.117. The summed E-state index contributed by atoms with van der Waals surface area (Å²) in [5, 5.41) is 10.9. The summed E-state index contributed by atoms with van der Waals surface area (Å²) in [6.07, 6.45) is 1.32. The van der Waals surface area contributed by atoms with Crippen LogP contribution in [0, 0.1) is 5.82 Å². The van der Waals surface area contributed by atoms with E-state index in [4.69, 9.17) is 0 Å². The SMILES string of the molecule is COC(=O)c1ccc(NC(=O)Cn2ncn3nc(-c4ccc(F)cc4)cc3c2=O)cc1. The van der Waals surface area contributed by atoms with Crippen LogP contribution in [0.3, 0.4) is 0 Å². The quantitative estimate of drug-likeness (QED) is 0.495. The predicted octanol–water partition coefficient (Wildman–Crippen LogP) is 2.12. The Morgan fingerprint density at radius 1 is 1.10 bits per heavy atom. The van der Waals surface area contributed by atoms with Crippen LogP contribution in [0.2, 0.25) is 0 Å². The number of nitrogens with zero attached hydrogens (tertiary/aromatic N) is 4. The summed E-state index contributed by atoms with van der Waals surface area (Å²) < 4.78 is 20.1. The lowest BCUT2D eigenvalue weighted by Crippen LogP contribution is -2.30. The molecule has 10 heteroatoms. The molecule has 0 radical (unpaired) electrons. The summed E-state index contributed by atoms with van der Waals surface area (Å²) in [6, 6.07) is 13.4. The highest BCUT2D eigenvalue weighted by molar-refractivity contribution is 5.92. The molecule has 0 atom stereocenters. The summed E-state index contributed by atoms with van der Waals surface area (Å²) in [6.45, 7) is -0.314. The van der Waals surface area contributed by atoms with Crippen molar-refractivity contribution in [2.24, 2.45) is 0 Å². The zero-order chi connectivity index (χ0) is 22.0. The van der Waals surface area contributed by atoms with E-state index in [2.05, 4.69) is 20.3 Å². The fraction of sp³-hybridized carbons (Fsp3) is 0.0952. The van der Waals surface area contributed by atoms with Crippen LogP contribution >= 0.6 is 0 Å². The van der Waals surface area contributed by atoms with Gasteiger partial charge in [-0.05, 0) is 54.6 Å². The number of esters is 1. The maximum atomic E-state index is 13.1. The van der Waals surface area contributed by atoms with E-state index < -0.39 is 17.4 Å². The molecule has 0 aliphatic heterocycles. The highest BCUT2D eigenvalue weighted by Gasteiger charge is 2.13. The molecule has 2 aromatic carbocycles. The van der Waals surface area contributed by atoms with Crippen LogP contribution in [0.15, 0.2) is 65.7 Å². The number of fused-ring (bicyclic) bond motifs is 1. The number of carbonyl (C=O) groups excluding carboxylic acids is 2. The maximum absolute atomic E-state index is 13.1. The third kappa shape index (κ3) is 4.17. The molecule has 0 fully saturated rings. The van der Waals surface area contributed by atoms with Gasteiger partial charge in [0.1, 0.15) is 24.2 Å². The average molecular weight is 421 g/mol. The molecule has 0 aliphatic rings. The Bertz CT molecular complexity index is 1330. The molecule has 9 nitrogen and oxygen atoms in total. The molecule has 31 heavy (non-hydrogen) atoms. The molecule has 0 spiro atoms. The number of hydrogen-bond acceptors (Lipinski definition) is 6. The van der Waals surface area contributed by atoms with E-state index in [1.165, 1.54) is 42.2 Å². The highest BCUT2D eigenvalue weighted by atomic mass is 19.1. The topological polar surface area (TPSA) is 108 Å². The van der Waals surface area contributed by atoms with Crippen LogP contribution in [0.5, 0.6) is 0 Å². The van der Waals surface area contributed by atoms with E-state index in [1.807, 2.05) is 0 Å². The third-order valence-corrected chi connectivity index (χ3v) is 4.51. The second-order valence-corrected chi connectivity index (χ2v) is 6.58. The zero-order valence-corrected chi connectivity index (χ0v) is 16.3. The average Bonchev–Trinajstić information content (AvgIpc) is 3.21. The minimum atomic E-state index is -0.500. The predicted molar refractivity (Wildman–Crippen MR) is 109 cm³/mol. The van der Waals surface area contributed by atoms with Crippen LogP contribution < -0.4 is 10.9 Å². The molecule has 156 valence electrons. The van der Waals surface area contributed by atoms with Gasteiger partial charge in [-0.2, -0.15) is 10.2 Å². The summed E-state index contributed by atoms with van der Waals surface area (Å²) >= 11 is 0. The minimum absolute atomic E-state index is 0.226. The van der Waals surface area contributed by atoms with Crippen molar-refractivity contribution in [2.45, 2.75) is 6.54 Å². The number of benzene rings is 2. The fourth-order valence-corrected chi connectivity index (χ4v) is 2.96. The van der Waals surface area contributed by atoms with Crippen molar-refractivity contribution in [1.82, 2.24) is 19.4 Å². The Labute approximate surface area is 174 Å². The van der Waals surface area contributed by atoms with Crippen molar-refractivity contribution in [3.8, 4) is 11.3 Å². The summed E-state index contributed by atoms with van der Waals surface area (Å²) in [5.74, 6) is -1.33. The number of methoxy groups -OCH3 is 1. The van der Waals surface area contributed by atoms with Crippen molar-refractivity contribution < 1.29 is 18.7 Å². The van der Waals surface area contributed by atoms with Gasteiger partial charge in [0.15, 0.2) is 0 Å². The number of carbonyl (C=O) groups is 2. The molecule has 2 heterocycles. The Hall–Kier alpha value is -4.34. The van der Waals surface area contributed by atoms with Crippen LogP contribution in [0.4, 0.5) is 10.1 Å². The van der Waals surface area contributed by atoms with Gasteiger partial charge in [-0.25, -0.2) is 18.4 Å². The van der Waals surface area contributed by atoms with Gasteiger partial charge < -0.3 is 10.1 Å². The number of halogens is 1. The smallest absolute Gasteiger partial charge is 0.337 e. The second kappa shape index (κ2) is 8.19. The number of amides is 1. The number of nitrogens with one attached hydrogen (secondary N) is 1. The Balaban J connectivity index is 1.52. The first-order valence-corrected chi connectivity index (χ1v) is 9.14. The van der Waals surface area contributed by atoms with Crippen molar-refractivity contribution in [3.05, 3.63) is 82.7 Å². The summed E-state index contributed by atoms with van der Waals surface area (Å²) in [7, 11) is 1.28. The Morgan fingerprint density at radius 2 is 1.81 bits per heavy atom. The van der Waals surface area contributed by atoms with Crippen molar-refractivity contribution in [3.63, 3.8) is 0 Å². The van der Waals surface area contributed by atoms with Gasteiger partial charge in [0.25, 0.3) is 5.56 Å². The zero-order valence-electron chi connectivity index (χ0n) is 16.3. The van der Waals surface area contributed by atoms with Crippen LogP contribution in [-0.4, -0.2) is 38.4 Å². The molecule has 1 amide bonds. The molecule has 4 rings (SSSR count). The van der Waals surface area contributed by atoms with E-state index in [9.17, 15) is 18.8 Å². The Morgan fingerprint density at radius 3 is 2.48 bits per heavy atom. The van der Waals surface area contributed by atoms with Crippen LogP contribution in [0.1, 0.15) is 10.4 Å². The molecule has 0 unspecified atom stereocenters. The summed E-state index contributed by atoms with van der Waals surface area (Å²) in [4.78, 5) is 36.5. The third-order valence-electron chi connectivity index (χ3n) is 4.51. The van der Waals surface area contributed by atoms with E-state index in [0.717, 1.165) is 4.68 Å². The number of rotatable bonds is 5. The van der Waals surface area contributed by atoms with Crippen LogP contribution in [-0.2, 0) is 16.1 Å². The number of aromatic nitrogens is 4. The van der Waals surface area contributed by atoms with Crippen molar-refractivity contribution in [1.29, 1.82) is 0 Å². The lowest BCUT2D eigenvalue weighted by Gasteiger charge is -2.07. The fourth-order valence-electron chi connectivity index (χ4n) is 2.96. The van der Waals surface area contributed by atoms with Gasteiger partial charge in [-0.1, -0.05) is 0 Å². The van der Waals surface area contributed by atoms with Crippen molar-refractivity contribution >= 4 is 23.1 Å². The second-order valence-electron chi connectivity index (χ2n) is 6.58. The van der Waals surface area contributed by atoms with E-state index in [1.54, 1.807) is 30.3 Å². The van der Waals surface area contributed by atoms with Gasteiger partial charge in [-0.3, -0.25) is 9.59 Å². The number of hydrogen-bond donors (Lipinski definition) is 1. The molecular formula is C21H16FN5O4. The largest absolute Gasteiger partial charge is 0.465 e. The molecular weight excluding hydrogens is 405 g/mol. The first-order valence-electron chi connectivity index (χ1n) is 9.14. The Kier molecular flexibility index (Phi) is 5.27. The van der Waals surface area contributed by atoms with E-state index >= 15 is 0 Å². The highest BCUT2D eigenvalue weighted by Crippen LogP contribution is 2.18. The molecule has 0 bridgehead atoms. The van der Waals surface area contributed by atoms with Gasteiger partial charge in [0.05, 0.1) is 18.4 Å². The normalized spacial score (nSPS) is 10.8. The first kappa shape index (κ1) is 20.0. The van der Waals surface area contributed by atoms with Gasteiger partial charge >= 0.3 is 5.97 Å². The molecule has 0 saturated heterocycles. The molecule has 1 N–H and O–H groups in total. The maximum Gasteiger partial charge on any atom is 0.337 e. The molecule has 4 aromatic rings. The summed E-state index contributed by atoms with van der Waals surface area (Å²) in [5.41, 5.74) is 1.65. The first-order chi connectivity index (χ1) is 14.9. The van der Waals surface area contributed by atoms with Gasteiger partial charge in [0.2, 0.25) is 5.91 Å². The molecule has 0 saturated carbocycles. The van der Waals surface area contributed by atoms with E-state index in [0.29, 0.717) is 22.5 Å². The monoisotopic (exact) mass is 421 g/mol. The van der Waals surface area contributed by atoms with Gasteiger partial charge in [0, 0.05) is 11.3 Å². The molecule has 0 aliphatic carbocycles. The van der Waals surface area contributed by atoms with E-state index in [-0.39, 0.29) is 17.9 Å². The minimum Gasteiger partial charge on any atom is -0.465 e. The number of ether oxygens (including phenoxy) is 1. The standard InChI is InChI=1S/C21H16FN5O4/c1-31-21(30)14-4-8-16(9-5-14)24-19(28)11-26-20(29)18-10-17(25-27(18)12-23-26)13-2-6-15(22)7-3-13/h2-10,12H,11H2,1H3,(H,24,28). The van der Waals surface area contributed by atoms with Gasteiger partial charge in [-0.15, -0.1) is 0 Å². The number of anilines is 1. The lowest BCUT2D eigenvalue weighted by atomic mass is 10.1. The van der Waals surface area contributed by atoms with Crippen LogP contribution in [0.25, 0.3) is 16.8 Å². The molecule has 2 aromatic heterocycles. The van der Waals surface area contributed by atoms with Crippen molar-refractivity contribution in [2.75, 3.05) is 12.4 Å².